The molecule has 0 spiro atoms. The van der Waals surface area contributed by atoms with Gasteiger partial charge < -0.3 is 5.32 Å². The summed E-state index contributed by atoms with van der Waals surface area (Å²) in [5.74, 6) is -0.468. The zero-order valence-electron chi connectivity index (χ0n) is 14.5. The third-order valence-electron chi connectivity index (χ3n) is 4.36. The van der Waals surface area contributed by atoms with Crippen LogP contribution in [0.25, 0.3) is 10.9 Å². The zero-order valence-corrected chi connectivity index (χ0v) is 16.0. The standard InChI is InChI=1S/C22H14Cl2N2O2/c23-16-6-8-19(24)18(13-16)21(27)25-17-7-9-20-15(12-17)10-11-26(20)22(28)14-4-2-1-3-5-14/h1-13H,(H,25,27). The molecule has 0 aliphatic carbocycles. The van der Waals surface area contributed by atoms with Crippen LogP contribution in [-0.2, 0) is 0 Å². The summed E-state index contributed by atoms with van der Waals surface area (Å²) in [6, 6.07) is 21.0. The molecule has 0 bridgehead atoms. The van der Waals surface area contributed by atoms with Crippen LogP contribution in [0.4, 0.5) is 5.69 Å². The van der Waals surface area contributed by atoms with E-state index in [1.54, 1.807) is 53.2 Å². The number of benzene rings is 3. The molecule has 4 rings (SSSR count). The highest BCUT2D eigenvalue weighted by atomic mass is 35.5. The summed E-state index contributed by atoms with van der Waals surface area (Å²) < 4.78 is 1.59. The second kappa shape index (κ2) is 7.50. The largest absolute Gasteiger partial charge is 0.322 e. The number of amides is 1. The second-order valence-corrected chi connectivity index (χ2v) is 7.05. The number of carbonyl (C=O) groups is 2. The van der Waals surface area contributed by atoms with Gasteiger partial charge in [-0.15, -0.1) is 0 Å². The van der Waals surface area contributed by atoms with E-state index < -0.39 is 0 Å². The summed E-state index contributed by atoms with van der Waals surface area (Å²) >= 11 is 12.0. The van der Waals surface area contributed by atoms with E-state index in [1.165, 1.54) is 6.07 Å². The molecule has 0 atom stereocenters. The van der Waals surface area contributed by atoms with Crippen molar-refractivity contribution in [3.05, 3.63) is 100 Å². The van der Waals surface area contributed by atoms with Crippen molar-refractivity contribution >= 4 is 51.6 Å². The molecule has 1 N–H and O–H groups in total. The van der Waals surface area contributed by atoms with Gasteiger partial charge in [0.2, 0.25) is 0 Å². The highest BCUT2D eigenvalue weighted by molar-refractivity contribution is 6.36. The van der Waals surface area contributed by atoms with Crippen LogP contribution in [0.5, 0.6) is 0 Å². The van der Waals surface area contributed by atoms with Crippen molar-refractivity contribution in [1.82, 2.24) is 4.57 Å². The van der Waals surface area contributed by atoms with Crippen molar-refractivity contribution in [2.75, 3.05) is 5.32 Å². The van der Waals surface area contributed by atoms with Crippen molar-refractivity contribution < 1.29 is 9.59 Å². The summed E-state index contributed by atoms with van der Waals surface area (Å²) in [5, 5.41) is 4.40. The summed E-state index contributed by atoms with van der Waals surface area (Å²) in [6.07, 6.45) is 1.72. The maximum Gasteiger partial charge on any atom is 0.262 e. The van der Waals surface area contributed by atoms with Crippen LogP contribution >= 0.6 is 23.2 Å². The molecular weight excluding hydrogens is 395 g/mol. The van der Waals surface area contributed by atoms with Crippen LogP contribution in [0.3, 0.4) is 0 Å². The highest BCUT2D eigenvalue weighted by Gasteiger charge is 2.14. The van der Waals surface area contributed by atoms with Gasteiger partial charge in [-0.3, -0.25) is 14.2 Å². The fourth-order valence-corrected chi connectivity index (χ4v) is 3.36. The molecule has 3 aromatic carbocycles. The monoisotopic (exact) mass is 408 g/mol. The van der Waals surface area contributed by atoms with E-state index in [9.17, 15) is 9.59 Å². The normalized spacial score (nSPS) is 10.8. The van der Waals surface area contributed by atoms with Gasteiger partial charge >= 0.3 is 0 Å². The molecule has 28 heavy (non-hydrogen) atoms. The van der Waals surface area contributed by atoms with Crippen LogP contribution in [0, 0.1) is 0 Å². The van der Waals surface area contributed by atoms with Crippen molar-refractivity contribution in [2.45, 2.75) is 0 Å². The van der Waals surface area contributed by atoms with Crippen LogP contribution in [0.1, 0.15) is 20.7 Å². The lowest BCUT2D eigenvalue weighted by Crippen LogP contribution is -2.13. The van der Waals surface area contributed by atoms with Crippen molar-refractivity contribution in [3.63, 3.8) is 0 Å². The minimum absolute atomic E-state index is 0.113. The van der Waals surface area contributed by atoms with Gasteiger partial charge in [-0.2, -0.15) is 0 Å². The number of hydrogen-bond acceptors (Lipinski definition) is 2. The number of hydrogen-bond donors (Lipinski definition) is 1. The van der Waals surface area contributed by atoms with E-state index in [-0.39, 0.29) is 11.8 Å². The Morgan fingerprint density at radius 3 is 2.43 bits per heavy atom. The molecule has 4 nitrogen and oxygen atoms in total. The van der Waals surface area contributed by atoms with Crippen LogP contribution in [0.15, 0.2) is 79.0 Å². The average Bonchev–Trinajstić information content (AvgIpc) is 3.13. The van der Waals surface area contributed by atoms with Crippen LogP contribution < -0.4 is 5.32 Å². The molecule has 0 saturated heterocycles. The number of fused-ring (bicyclic) bond motifs is 1. The van der Waals surface area contributed by atoms with Gasteiger partial charge in [0, 0.05) is 27.9 Å². The lowest BCUT2D eigenvalue weighted by atomic mass is 10.2. The molecule has 1 amide bonds. The molecule has 0 aliphatic heterocycles. The molecule has 1 aromatic heterocycles. The zero-order chi connectivity index (χ0) is 19.7. The summed E-state index contributed by atoms with van der Waals surface area (Å²) in [4.78, 5) is 25.2. The topological polar surface area (TPSA) is 51.1 Å². The minimum atomic E-state index is -0.355. The summed E-state index contributed by atoms with van der Waals surface area (Å²) in [6.45, 7) is 0. The molecule has 6 heteroatoms. The molecule has 0 saturated carbocycles. The van der Waals surface area contributed by atoms with Gasteiger partial charge in [-0.05, 0) is 54.6 Å². The van der Waals surface area contributed by atoms with Gasteiger partial charge in [0.05, 0.1) is 16.1 Å². The van der Waals surface area contributed by atoms with Gasteiger partial charge in [-0.1, -0.05) is 41.4 Å². The van der Waals surface area contributed by atoms with E-state index in [0.29, 0.717) is 26.9 Å². The predicted octanol–water partition coefficient (Wildman–Crippen LogP) is 5.89. The Bertz CT molecular complexity index is 1200. The first kappa shape index (κ1) is 18.3. The van der Waals surface area contributed by atoms with Gasteiger partial charge in [0.1, 0.15) is 0 Å². The smallest absolute Gasteiger partial charge is 0.262 e. The first-order valence-corrected chi connectivity index (χ1v) is 9.26. The Balaban J connectivity index is 1.62. The third-order valence-corrected chi connectivity index (χ3v) is 4.93. The van der Waals surface area contributed by atoms with Gasteiger partial charge in [-0.25, -0.2) is 0 Å². The Hall–Kier alpha value is -3.08. The maximum absolute atomic E-state index is 12.7. The molecule has 0 fully saturated rings. The lowest BCUT2D eigenvalue weighted by Gasteiger charge is -2.08. The number of rotatable bonds is 3. The third kappa shape index (κ3) is 3.52. The van der Waals surface area contributed by atoms with E-state index in [4.69, 9.17) is 23.2 Å². The van der Waals surface area contributed by atoms with Crippen LogP contribution in [0.2, 0.25) is 10.0 Å². The molecule has 0 aliphatic rings. The number of nitrogens with zero attached hydrogens (tertiary/aromatic N) is 1. The first-order valence-electron chi connectivity index (χ1n) is 8.50. The number of halogens is 2. The Morgan fingerprint density at radius 1 is 0.857 bits per heavy atom. The molecule has 4 aromatic rings. The average molecular weight is 409 g/mol. The Labute approximate surface area is 171 Å². The summed E-state index contributed by atoms with van der Waals surface area (Å²) in [5.41, 5.74) is 2.25. The van der Waals surface area contributed by atoms with Crippen molar-refractivity contribution in [3.8, 4) is 0 Å². The number of anilines is 1. The van der Waals surface area contributed by atoms with Gasteiger partial charge in [0.15, 0.2) is 0 Å². The molecule has 0 radical (unpaired) electrons. The van der Waals surface area contributed by atoms with Crippen molar-refractivity contribution in [2.24, 2.45) is 0 Å². The van der Waals surface area contributed by atoms with E-state index in [0.717, 1.165) is 10.9 Å². The minimum Gasteiger partial charge on any atom is -0.322 e. The SMILES string of the molecule is O=C(Nc1ccc2c(ccn2C(=O)c2ccccc2)c1)c1cc(Cl)ccc1Cl. The Kier molecular flexibility index (Phi) is 4.90. The Morgan fingerprint density at radius 2 is 1.64 bits per heavy atom. The molecule has 1 heterocycles. The highest BCUT2D eigenvalue weighted by Crippen LogP contribution is 2.24. The summed E-state index contributed by atoms with van der Waals surface area (Å²) in [7, 11) is 0. The van der Waals surface area contributed by atoms with Crippen molar-refractivity contribution in [1.29, 1.82) is 0 Å². The van der Waals surface area contributed by atoms with E-state index in [2.05, 4.69) is 5.32 Å². The van der Waals surface area contributed by atoms with E-state index in [1.807, 2.05) is 24.3 Å². The van der Waals surface area contributed by atoms with E-state index >= 15 is 0 Å². The molecule has 0 unspecified atom stereocenters. The fraction of sp³-hybridized carbons (Fsp3) is 0. The lowest BCUT2D eigenvalue weighted by molar-refractivity contribution is 0.0964. The number of nitrogens with one attached hydrogen (secondary N) is 1. The fourth-order valence-electron chi connectivity index (χ4n) is 2.99. The number of carbonyl (C=O) groups excluding carboxylic acids is 2. The predicted molar refractivity (Wildman–Crippen MR) is 113 cm³/mol. The first-order chi connectivity index (χ1) is 13.5. The number of aromatic nitrogens is 1. The maximum atomic E-state index is 12.7. The van der Waals surface area contributed by atoms with Crippen LogP contribution in [-0.4, -0.2) is 16.4 Å². The quantitative estimate of drug-likeness (QED) is 0.459. The second-order valence-electron chi connectivity index (χ2n) is 6.21. The molecular formula is C22H14Cl2N2O2. The molecule has 138 valence electrons. The van der Waals surface area contributed by atoms with Gasteiger partial charge in [0.25, 0.3) is 11.8 Å².